The van der Waals surface area contributed by atoms with Crippen molar-refractivity contribution >= 4 is 17.1 Å². The zero-order valence-electron chi connectivity index (χ0n) is 13.5. The maximum absolute atomic E-state index is 5.50. The minimum atomic E-state index is 0.485. The number of ether oxygens (including phenoxy) is 1. The van der Waals surface area contributed by atoms with Crippen LogP contribution in [0.15, 0.2) is 18.3 Å². The smallest absolute Gasteiger partial charge is 0.205 e. The van der Waals surface area contributed by atoms with E-state index in [4.69, 9.17) is 9.72 Å². The van der Waals surface area contributed by atoms with Gasteiger partial charge in [-0.25, -0.2) is 9.97 Å². The molecule has 0 atom stereocenters. The van der Waals surface area contributed by atoms with Gasteiger partial charge in [0.1, 0.15) is 5.52 Å². The molecule has 1 aliphatic rings. The molecular formula is C16H25N5O. The lowest BCUT2D eigenvalue weighted by atomic mass is 10.1. The highest BCUT2D eigenvalue weighted by Gasteiger charge is 2.19. The molecule has 1 saturated heterocycles. The van der Waals surface area contributed by atoms with Crippen molar-refractivity contribution in [3.8, 4) is 0 Å². The van der Waals surface area contributed by atoms with Crippen LogP contribution in [0.4, 0.5) is 5.95 Å². The van der Waals surface area contributed by atoms with E-state index in [1.54, 1.807) is 0 Å². The number of aromatic nitrogens is 3. The Labute approximate surface area is 131 Å². The fraction of sp³-hybridized carbons (Fsp3) is 0.625. The van der Waals surface area contributed by atoms with E-state index in [0.717, 1.165) is 56.2 Å². The fourth-order valence-corrected chi connectivity index (χ4v) is 2.92. The number of imidazole rings is 1. The third kappa shape index (κ3) is 3.39. The number of likely N-dealkylation sites (tertiary alicyclic amines) is 1. The van der Waals surface area contributed by atoms with Gasteiger partial charge in [-0.3, -0.25) is 4.57 Å². The summed E-state index contributed by atoms with van der Waals surface area (Å²) in [5.74, 6) is 0.919. The Balaban J connectivity index is 1.79. The summed E-state index contributed by atoms with van der Waals surface area (Å²) in [7, 11) is 2.18. The fourth-order valence-electron chi connectivity index (χ4n) is 2.92. The van der Waals surface area contributed by atoms with Crippen molar-refractivity contribution in [2.75, 3.05) is 38.7 Å². The first-order valence-electron chi connectivity index (χ1n) is 8.12. The van der Waals surface area contributed by atoms with E-state index in [9.17, 15) is 0 Å². The third-order valence-electron chi connectivity index (χ3n) is 4.22. The van der Waals surface area contributed by atoms with Crippen LogP contribution in [0.3, 0.4) is 0 Å². The summed E-state index contributed by atoms with van der Waals surface area (Å²) in [6, 6.07) is 4.43. The molecule has 0 amide bonds. The summed E-state index contributed by atoms with van der Waals surface area (Å²) >= 11 is 0. The number of fused-ring (bicyclic) bond motifs is 1. The number of piperidine rings is 1. The van der Waals surface area contributed by atoms with Crippen molar-refractivity contribution in [2.24, 2.45) is 0 Å². The second-order valence-electron chi connectivity index (χ2n) is 5.85. The number of hydrogen-bond acceptors (Lipinski definition) is 5. The van der Waals surface area contributed by atoms with Crippen molar-refractivity contribution in [2.45, 2.75) is 32.4 Å². The Morgan fingerprint density at radius 2 is 2.18 bits per heavy atom. The summed E-state index contributed by atoms with van der Waals surface area (Å²) < 4.78 is 7.65. The van der Waals surface area contributed by atoms with Crippen LogP contribution in [-0.4, -0.2) is 58.8 Å². The first-order valence-corrected chi connectivity index (χ1v) is 8.12. The second-order valence-corrected chi connectivity index (χ2v) is 5.85. The minimum absolute atomic E-state index is 0.485. The molecule has 2 aromatic rings. The molecular weight excluding hydrogens is 278 g/mol. The summed E-state index contributed by atoms with van der Waals surface area (Å²) in [5.41, 5.74) is 1.87. The molecule has 1 fully saturated rings. The molecule has 0 saturated carbocycles. The highest BCUT2D eigenvalue weighted by molar-refractivity contribution is 5.74. The van der Waals surface area contributed by atoms with Gasteiger partial charge in [0.05, 0.1) is 13.2 Å². The monoisotopic (exact) mass is 303 g/mol. The zero-order valence-corrected chi connectivity index (χ0v) is 13.5. The highest BCUT2D eigenvalue weighted by atomic mass is 16.5. The van der Waals surface area contributed by atoms with Crippen LogP contribution in [0, 0.1) is 0 Å². The van der Waals surface area contributed by atoms with Gasteiger partial charge in [0.25, 0.3) is 0 Å². The zero-order chi connectivity index (χ0) is 15.4. The predicted octanol–water partition coefficient (Wildman–Crippen LogP) is 1.97. The molecule has 22 heavy (non-hydrogen) atoms. The standard InChI is InChI=1S/C16H25N5O/c1-3-22-12-11-21-15-14(5-4-8-17-15)19-16(21)18-13-6-9-20(2)10-7-13/h4-5,8,13H,3,6-7,9-12H2,1-2H3,(H,18,19). The van der Waals surface area contributed by atoms with Gasteiger partial charge in [0.15, 0.2) is 5.65 Å². The minimum Gasteiger partial charge on any atom is -0.380 e. The van der Waals surface area contributed by atoms with Gasteiger partial charge in [-0.2, -0.15) is 0 Å². The Hall–Kier alpha value is -1.66. The SMILES string of the molecule is CCOCCn1c(NC2CCN(C)CC2)nc2cccnc21. The summed E-state index contributed by atoms with van der Waals surface area (Å²) in [6.07, 6.45) is 4.12. The molecule has 0 aliphatic carbocycles. The van der Waals surface area contributed by atoms with Gasteiger partial charge in [-0.15, -0.1) is 0 Å². The van der Waals surface area contributed by atoms with Gasteiger partial charge < -0.3 is 15.0 Å². The van der Waals surface area contributed by atoms with E-state index < -0.39 is 0 Å². The van der Waals surface area contributed by atoms with E-state index in [2.05, 4.69) is 26.8 Å². The van der Waals surface area contributed by atoms with Crippen LogP contribution < -0.4 is 5.32 Å². The lowest BCUT2D eigenvalue weighted by Gasteiger charge is -2.29. The molecule has 0 unspecified atom stereocenters. The van der Waals surface area contributed by atoms with Crippen LogP contribution in [0.2, 0.25) is 0 Å². The Bertz CT molecular complexity index is 604. The van der Waals surface area contributed by atoms with Gasteiger partial charge in [0, 0.05) is 18.8 Å². The summed E-state index contributed by atoms with van der Waals surface area (Å²) in [5, 5.41) is 3.62. The van der Waals surface area contributed by atoms with E-state index in [-0.39, 0.29) is 0 Å². The normalized spacial score (nSPS) is 17.2. The predicted molar refractivity (Wildman–Crippen MR) is 88.2 cm³/mol. The summed E-state index contributed by atoms with van der Waals surface area (Å²) in [6.45, 7) is 6.47. The molecule has 3 rings (SSSR count). The van der Waals surface area contributed by atoms with Crippen LogP contribution in [-0.2, 0) is 11.3 Å². The van der Waals surface area contributed by atoms with Crippen molar-refractivity contribution in [1.29, 1.82) is 0 Å². The van der Waals surface area contributed by atoms with Gasteiger partial charge in [-0.1, -0.05) is 0 Å². The van der Waals surface area contributed by atoms with Crippen LogP contribution in [0.1, 0.15) is 19.8 Å². The molecule has 0 radical (unpaired) electrons. The van der Waals surface area contributed by atoms with E-state index >= 15 is 0 Å². The molecule has 1 aliphatic heterocycles. The maximum atomic E-state index is 5.50. The molecule has 6 heteroatoms. The van der Waals surface area contributed by atoms with Crippen LogP contribution in [0.5, 0.6) is 0 Å². The van der Waals surface area contributed by atoms with Crippen LogP contribution >= 0.6 is 0 Å². The maximum Gasteiger partial charge on any atom is 0.205 e. The van der Waals surface area contributed by atoms with Crippen molar-refractivity contribution < 1.29 is 4.74 Å². The number of hydrogen-bond donors (Lipinski definition) is 1. The topological polar surface area (TPSA) is 55.2 Å². The van der Waals surface area contributed by atoms with Crippen LogP contribution in [0.25, 0.3) is 11.2 Å². The number of nitrogens with zero attached hydrogens (tertiary/aromatic N) is 4. The third-order valence-corrected chi connectivity index (χ3v) is 4.22. The largest absolute Gasteiger partial charge is 0.380 e. The molecule has 3 heterocycles. The summed E-state index contributed by atoms with van der Waals surface area (Å²) in [4.78, 5) is 11.6. The first-order chi connectivity index (χ1) is 10.8. The van der Waals surface area contributed by atoms with E-state index in [1.807, 2.05) is 25.3 Å². The number of pyridine rings is 1. The molecule has 0 spiro atoms. The van der Waals surface area contributed by atoms with E-state index in [1.165, 1.54) is 0 Å². The number of anilines is 1. The molecule has 1 N–H and O–H groups in total. The number of rotatable bonds is 6. The number of nitrogens with one attached hydrogen (secondary N) is 1. The molecule has 120 valence electrons. The average molecular weight is 303 g/mol. The Morgan fingerprint density at radius 1 is 1.36 bits per heavy atom. The molecule has 2 aromatic heterocycles. The lowest BCUT2D eigenvalue weighted by molar-refractivity contribution is 0.140. The Morgan fingerprint density at radius 3 is 2.95 bits per heavy atom. The highest BCUT2D eigenvalue weighted by Crippen LogP contribution is 2.20. The van der Waals surface area contributed by atoms with Crippen molar-refractivity contribution in [3.05, 3.63) is 18.3 Å². The lowest BCUT2D eigenvalue weighted by Crippen LogP contribution is -2.37. The van der Waals surface area contributed by atoms with Gasteiger partial charge in [0.2, 0.25) is 5.95 Å². The first kappa shape index (κ1) is 15.2. The molecule has 6 nitrogen and oxygen atoms in total. The van der Waals surface area contributed by atoms with Gasteiger partial charge >= 0.3 is 0 Å². The average Bonchev–Trinajstić information content (AvgIpc) is 2.88. The molecule has 0 aromatic carbocycles. The molecule has 0 bridgehead atoms. The second kappa shape index (κ2) is 7.07. The van der Waals surface area contributed by atoms with Crippen molar-refractivity contribution in [3.63, 3.8) is 0 Å². The quantitative estimate of drug-likeness (QED) is 0.827. The van der Waals surface area contributed by atoms with E-state index in [0.29, 0.717) is 12.6 Å². The van der Waals surface area contributed by atoms with Gasteiger partial charge in [-0.05, 0) is 52.0 Å². The Kier molecular flexibility index (Phi) is 4.90. The van der Waals surface area contributed by atoms with Crippen molar-refractivity contribution in [1.82, 2.24) is 19.4 Å².